The van der Waals surface area contributed by atoms with E-state index in [2.05, 4.69) is 31.6 Å². The monoisotopic (exact) mass is 441 g/mol. The summed E-state index contributed by atoms with van der Waals surface area (Å²) in [7, 11) is 3.36. The van der Waals surface area contributed by atoms with Crippen LogP contribution in [0.25, 0.3) is 0 Å². The van der Waals surface area contributed by atoms with Gasteiger partial charge in [-0.05, 0) is 24.5 Å². The fourth-order valence-corrected chi connectivity index (χ4v) is 4.22. The molecule has 2 N–H and O–H groups in total. The summed E-state index contributed by atoms with van der Waals surface area (Å²) in [6.45, 7) is 3.11. The second kappa shape index (κ2) is 10.0. The van der Waals surface area contributed by atoms with Crippen molar-refractivity contribution in [3.63, 3.8) is 0 Å². The zero-order valence-electron chi connectivity index (χ0n) is 17.0. The number of halogens is 3. The number of hydrogen-bond acceptors (Lipinski definition) is 5. The molecular formula is C20H26F3N5OS. The largest absolute Gasteiger partial charge is 0.495 e. The first-order chi connectivity index (χ1) is 14.4. The Bertz CT molecular complexity index is 855. The van der Waals surface area contributed by atoms with E-state index < -0.39 is 11.9 Å². The number of anilines is 1. The molecule has 1 aliphatic heterocycles. The van der Waals surface area contributed by atoms with Crippen molar-refractivity contribution in [3.05, 3.63) is 40.3 Å². The van der Waals surface area contributed by atoms with Gasteiger partial charge in [0.15, 0.2) is 11.7 Å². The van der Waals surface area contributed by atoms with Crippen molar-refractivity contribution in [1.82, 2.24) is 15.6 Å². The number of rotatable bonds is 7. The van der Waals surface area contributed by atoms with Gasteiger partial charge >= 0.3 is 6.18 Å². The Balaban J connectivity index is 1.42. The molecule has 1 atom stereocenters. The van der Waals surface area contributed by atoms with Gasteiger partial charge in [0, 0.05) is 45.0 Å². The fraction of sp³-hybridized carbons (Fsp3) is 0.500. The molecule has 6 nitrogen and oxygen atoms in total. The van der Waals surface area contributed by atoms with E-state index >= 15 is 0 Å². The summed E-state index contributed by atoms with van der Waals surface area (Å²) in [5.41, 5.74) is 0.275. The lowest BCUT2D eigenvalue weighted by Gasteiger charge is -2.21. The first-order valence-corrected chi connectivity index (χ1v) is 10.6. The van der Waals surface area contributed by atoms with Gasteiger partial charge in [0.25, 0.3) is 0 Å². The number of nitrogens with one attached hydrogen (secondary N) is 2. The molecular weight excluding hydrogens is 415 g/mol. The highest BCUT2D eigenvalue weighted by atomic mass is 32.1. The summed E-state index contributed by atoms with van der Waals surface area (Å²) >= 11 is 1.02. The summed E-state index contributed by atoms with van der Waals surface area (Å²) in [5.74, 6) is 1.97. The van der Waals surface area contributed by atoms with Crippen molar-refractivity contribution >= 4 is 23.0 Å². The van der Waals surface area contributed by atoms with Crippen LogP contribution in [0.3, 0.4) is 0 Å². The van der Waals surface area contributed by atoms with Crippen molar-refractivity contribution in [2.24, 2.45) is 10.9 Å². The van der Waals surface area contributed by atoms with Crippen LogP contribution in [0.15, 0.2) is 34.6 Å². The van der Waals surface area contributed by atoms with E-state index in [1.54, 1.807) is 14.2 Å². The first-order valence-electron chi connectivity index (χ1n) is 9.74. The van der Waals surface area contributed by atoms with Crippen molar-refractivity contribution in [1.29, 1.82) is 0 Å². The number of aromatic nitrogens is 1. The van der Waals surface area contributed by atoms with Crippen molar-refractivity contribution in [2.75, 3.05) is 45.2 Å². The van der Waals surface area contributed by atoms with Gasteiger partial charge < -0.3 is 20.3 Å². The molecule has 1 aliphatic rings. The third kappa shape index (κ3) is 5.78. The molecule has 1 aromatic carbocycles. The summed E-state index contributed by atoms with van der Waals surface area (Å²) in [6, 6.07) is 8.00. The van der Waals surface area contributed by atoms with Gasteiger partial charge in [0.1, 0.15) is 5.75 Å². The zero-order valence-corrected chi connectivity index (χ0v) is 17.8. The van der Waals surface area contributed by atoms with Gasteiger partial charge in [-0.3, -0.25) is 4.99 Å². The quantitative estimate of drug-likeness (QED) is 0.509. The predicted molar refractivity (Wildman–Crippen MR) is 113 cm³/mol. The Morgan fingerprint density at radius 3 is 2.83 bits per heavy atom. The third-order valence-electron chi connectivity index (χ3n) is 4.97. The highest BCUT2D eigenvalue weighted by Gasteiger charge is 2.33. The normalized spacial score (nSPS) is 17.3. The van der Waals surface area contributed by atoms with Gasteiger partial charge in [-0.1, -0.05) is 12.1 Å². The molecule has 0 radical (unpaired) electrons. The minimum atomic E-state index is -4.39. The molecule has 0 aliphatic carbocycles. The van der Waals surface area contributed by atoms with Gasteiger partial charge in [0.2, 0.25) is 0 Å². The lowest BCUT2D eigenvalue weighted by molar-refractivity contribution is -0.140. The van der Waals surface area contributed by atoms with Gasteiger partial charge in [-0.2, -0.15) is 13.2 Å². The molecule has 1 aromatic heterocycles. The summed E-state index contributed by atoms with van der Waals surface area (Å²) < 4.78 is 43.3. The Morgan fingerprint density at radius 2 is 2.13 bits per heavy atom. The number of guanidine groups is 1. The SMILES string of the molecule is CN=C(NCCc1nc(C(F)(F)F)cs1)NCC1CCN(c2ccccc2OC)C1. The van der Waals surface area contributed by atoms with Crippen LogP contribution in [0.4, 0.5) is 18.9 Å². The van der Waals surface area contributed by atoms with E-state index in [1.165, 1.54) is 0 Å². The van der Waals surface area contributed by atoms with Gasteiger partial charge in [-0.15, -0.1) is 11.3 Å². The molecule has 10 heteroatoms. The van der Waals surface area contributed by atoms with Crippen LogP contribution in [-0.4, -0.2) is 51.3 Å². The second-order valence-corrected chi connectivity index (χ2v) is 7.97. The minimum Gasteiger partial charge on any atom is -0.495 e. The molecule has 0 amide bonds. The average molecular weight is 442 g/mol. The number of benzene rings is 1. The van der Waals surface area contributed by atoms with E-state index in [0.717, 1.165) is 54.2 Å². The molecule has 0 spiro atoms. The molecule has 164 valence electrons. The van der Waals surface area contributed by atoms with Gasteiger partial charge in [-0.25, -0.2) is 4.98 Å². The molecule has 1 fully saturated rings. The highest BCUT2D eigenvalue weighted by molar-refractivity contribution is 7.09. The van der Waals surface area contributed by atoms with Gasteiger partial charge in [0.05, 0.1) is 17.8 Å². The highest BCUT2D eigenvalue weighted by Crippen LogP contribution is 2.32. The van der Waals surface area contributed by atoms with E-state index in [4.69, 9.17) is 4.74 Å². The van der Waals surface area contributed by atoms with Crippen molar-refractivity contribution < 1.29 is 17.9 Å². The minimum absolute atomic E-state index is 0.409. The number of ether oxygens (including phenoxy) is 1. The maximum Gasteiger partial charge on any atom is 0.434 e. The van der Waals surface area contributed by atoms with Crippen molar-refractivity contribution in [2.45, 2.75) is 19.0 Å². The van der Waals surface area contributed by atoms with Crippen LogP contribution in [0.1, 0.15) is 17.1 Å². The second-order valence-electron chi connectivity index (χ2n) is 7.03. The lowest BCUT2D eigenvalue weighted by atomic mass is 10.1. The topological polar surface area (TPSA) is 61.8 Å². The zero-order chi connectivity index (χ0) is 21.6. The first kappa shape index (κ1) is 22.2. The molecule has 3 rings (SSSR count). The van der Waals surface area contributed by atoms with Crippen molar-refractivity contribution in [3.8, 4) is 5.75 Å². The van der Waals surface area contributed by atoms with E-state index in [-0.39, 0.29) is 0 Å². The van der Waals surface area contributed by atoms with E-state index in [1.807, 2.05) is 18.2 Å². The number of hydrogen-bond donors (Lipinski definition) is 2. The number of aliphatic imine (C=N–C) groups is 1. The number of alkyl halides is 3. The van der Waals surface area contributed by atoms with Crippen LogP contribution in [0.2, 0.25) is 0 Å². The lowest BCUT2D eigenvalue weighted by Crippen LogP contribution is -2.41. The van der Waals surface area contributed by atoms with Crippen LogP contribution < -0.4 is 20.3 Å². The molecule has 2 aromatic rings. The number of para-hydroxylation sites is 2. The van der Waals surface area contributed by atoms with Crippen LogP contribution in [0.5, 0.6) is 5.75 Å². The van der Waals surface area contributed by atoms with Crippen LogP contribution >= 0.6 is 11.3 Å². The molecule has 0 bridgehead atoms. The molecule has 30 heavy (non-hydrogen) atoms. The summed E-state index contributed by atoms with van der Waals surface area (Å²) in [4.78, 5) is 10.2. The number of nitrogens with zero attached hydrogens (tertiary/aromatic N) is 3. The standard InChI is InChI=1S/C20H26F3N5OS/c1-24-19(25-9-7-18-27-17(13-30-18)20(21,22)23)26-11-14-8-10-28(12-14)15-5-3-4-6-16(15)29-2/h3-6,13-14H,7-12H2,1-2H3,(H2,24,25,26). The number of thiazole rings is 1. The van der Waals surface area contributed by atoms with Crippen LogP contribution in [-0.2, 0) is 12.6 Å². The maximum absolute atomic E-state index is 12.6. The fourth-order valence-electron chi connectivity index (χ4n) is 3.41. The Labute approximate surface area is 178 Å². The predicted octanol–water partition coefficient (Wildman–Crippen LogP) is 3.40. The molecule has 2 heterocycles. The Morgan fingerprint density at radius 1 is 1.33 bits per heavy atom. The molecule has 1 unspecified atom stereocenters. The Kier molecular flexibility index (Phi) is 7.41. The summed E-state index contributed by atoms with van der Waals surface area (Å²) in [6.07, 6.45) is -2.92. The third-order valence-corrected chi connectivity index (χ3v) is 5.88. The summed E-state index contributed by atoms with van der Waals surface area (Å²) in [5, 5.41) is 7.96. The maximum atomic E-state index is 12.6. The van der Waals surface area contributed by atoms with E-state index in [0.29, 0.717) is 29.9 Å². The Hall–Kier alpha value is -2.49. The van der Waals surface area contributed by atoms with E-state index in [9.17, 15) is 13.2 Å². The number of methoxy groups -OCH3 is 1. The smallest absolute Gasteiger partial charge is 0.434 e. The average Bonchev–Trinajstić information content (AvgIpc) is 3.40. The van der Waals surface area contributed by atoms with Crippen LogP contribution in [0, 0.1) is 5.92 Å². The molecule has 0 saturated carbocycles. The molecule has 1 saturated heterocycles.